The van der Waals surface area contributed by atoms with Crippen LogP contribution in [-0.4, -0.2) is 17.8 Å². The van der Waals surface area contributed by atoms with Crippen LogP contribution in [0.15, 0.2) is 18.2 Å². The maximum absolute atomic E-state index is 3.56. The first-order valence-electron chi connectivity index (χ1n) is 8.31. The maximum Gasteiger partial charge on any atom is 0.0343 e. The predicted molar refractivity (Wildman–Crippen MR) is 96.2 cm³/mol. The van der Waals surface area contributed by atoms with E-state index in [0.717, 1.165) is 13.1 Å². The van der Waals surface area contributed by atoms with Crippen molar-refractivity contribution in [3.63, 3.8) is 0 Å². The van der Waals surface area contributed by atoms with Gasteiger partial charge in [0, 0.05) is 23.5 Å². The lowest BCUT2D eigenvalue weighted by Gasteiger charge is -2.17. The van der Waals surface area contributed by atoms with E-state index in [9.17, 15) is 0 Å². The molecule has 0 bridgehead atoms. The molecule has 2 N–H and O–H groups in total. The van der Waals surface area contributed by atoms with E-state index >= 15 is 0 Å². The quantitative estimate of drug-likeness (QED) is 0.533. The van der Waals surface area contributed by atoms with Gasteiger partial charge in [-0.05, 0) is 76.1 Å². The Morgan fingerprint density at radius 2 is 1.76 bits per heavy atom. The Kier molecular flexibility index (Phi) is 6.43. The number of rotatable bonds is 8. The number of anilines is 1. The van der Waals surface area contributed by atoms with E-state index in [2.05, 4.69) is 49.0 Å². The van der Waals surface area contributed by atoms with Crippen LogP contribution in [0.5, 0.6) is 0 Å². The molecule has 1 aliphatic rings. The molecule has 0 saturated heterocycles. The van der Waals surface area contributed by atoms with Gasteiger partial charge in [0.05, 0.1) is 0 Å². The Morgan fingerprint density at radius 3 is 2.57 bits per heavy atom. The van der Waals surface area contributed by atoms with Crippen LogP contribution >= 0.6 is 11.9 Å². The van der Waals surface area contributed by atoms with E-state index in [1.54, 1.807) is 11.1 Å². The summed E-state index contributed by atoms with van der Waals surface area (Å²) in [5.41, 5.74) is 4.42. The van der Waals surface area contributed by atoms with E-state index in [0.29, 0.717) is 4.75 Å². The van der Waals surface area contributed by atoms with E-state index in [4.69, 9.17) is 0 Å². The van der Waals surface area contributed by atoms with Crippen molar-refractivity contribution in [1.29, 1.82) is 0 Å². The van der Waals surface area contributed by atoms with Gasteiger partial charge >= 0.3 is 0 Å². The summed E-state index contributed by atoms with van der Waals surface area (Å²) in [6.07, 6.45) is 7.67. The highest BCUT2D eigenvalue weighted by atomic mass is 32.2. The zero-order valence-corrected chi connectivity index (χ0v) is 14.6. The molecule has 0 aliphatic heterocycles. The zero-order valence-electron chi connectivity index (χ0n) is 13.8. The first kappa shape index (κ1) is 16.7. The van der Waals surface area contributed by atoms with Crippen molar-refractivity contribution < 1.29 is 0 Å². The molecule has 2 rings (SSSR count). The molecule has 1 aromatic rings. The molecule has 0 spiro atoms. The fourth-order valence-electron chi connectivity index (χ4n) is 2.68. The second kappa shape index (κ2) is 8.09. The van der Waals surface area contributed by atoms with Gasteiger partial charge in [-0.25, -0.2) is 0 Å². The number of fused-ring (bicyclic) bond motifs is 1. The van der Waals surface area contributed by atoms with Gasteiger partial charge in [-0.3, -0.25) is 4.72 Å². The molecular weight excluding hydrogens is 276 g/mol. The van der Waals surface area contributed by atoms with Crippen LogP contribution in [0.2, 0.25) is 0 Å². The average molecular weight is 307 g/mol. The van der Waals surface area contributed by atoms with Crippen molar-refractivity contribution in [2.24, 2.45) is 0 Å². The van der Waals surface area contributed by atoms with Crippen molar-refractivity contribution >= 4 is 17.6 Å². The summed E-state index contributed by atoms with van der Waals surface area (Å²) in [5.74, 6) is 0. The third kappa shape index (κ3) is 6.31. The van der Waals surface area contributed by atoms with Crippen LogP contribution in [0.1, 0.15) is 57.6 Å². The smallest absolute Gasteiger partial charge is 0.0343 e. The molecule has 0 amide bonds. The maximum atomic E-state index is 3.56. The molecule has 0 saturated carbocycles. The van der Waals surface area contributed by atoms with Crippen LogP contribution in [0.25, 0.3) is 0 Å². The van der Waals surface area contributed by atoms with E-state index in [1.165, 1.54) is 44.2 Å². The van der Waals surface area contributed by atoms with Crippen LogP contribution < -0.4 is 10.0 Å². The first-order chi connectivity index (χ1) is 10.0. The van der Waals surface area contributed by atoms with Crippen LogP contribution in [0.3, 0.4) is 0 Å². The summed E-state index contributed by atoms with van der Waals surface area (Å²) in [6, 6.07) is 6.90. The van der Waals surface area contributed by atoms with Crippen LogP contribution in [-0.2, 0) is 12.8 Å². The molecule has 0 fully saturated rings. The Balaban J connectivity index is 1.52. The van der Waals surface area contributed by atoms with Crippen LogP contribution in [0, 0.1) is 0 Å². The van der Waals surface area contributed by atoms with Gasteiger partial charge in [-0.15, -0.1) is 0 Å². The number of hydrogen-bond acceptors (Lipinski definition) is 3. The third-order valence-corrected chi connectivity index (χ3v) is 4.72. The molecule has 0 atom stereocenters. The molecular formula is C18H30N2S. The van der Waals surface area contributed by atoms with Gasteiger partial charge < -0.3 is 5.32 Å². The number of nitrogens with one attached hydrogen (secondary N) is 2. The lowest BCUT2D eigenvalue weighted by molar-refractivity contribution is 0.686. The Labute approximate surface area is 134 Å². The van der Waals surface area contributed by atoms with Crippen molar-refractivity contribution in [3.8, 4) is 0 Å². The Hall–Kier alpha value is -0.670. The average Bonchev–Trinajstić information content (AvgIpc) is 2.88. The highest BCUT2D eigenvalue weighted by Crippen LogP contribution is 2.24. The zero-order chi connectivity index (χ0) is 15.1. The highest BCUT2D eigenvalue weighted by molar-refractivity contribution is 7.98. The number of unbranched alkanes of at least 4 members (excludes halogenated alkanes) is 2. The molecule has 118 valence electrons. The van der Waals surface area contributed by atoms with Crippen molar-refractivity contribution in [2.75, 3.05) is 18.4 Å². The van der Waals surface area contributed by atoms with Gasteiger partial charge in [0.15, 0.2) is 0 Å². The summed E-state index contributed by atoms with van der Waals surface area (Å²) in [6.45, 7) is 8.92. The summed E-state index contributed by atoms with van der Waals surface area (Å²) < 4.78 is 3.77. The minimum atomic E-state index is 0.315. The Bertz CT molecular complexity index is 437. The SMILES string of the molecule is CC(C)(C)SNCCCCCNc1ccc2c(c1)CCC2. The molecule has 2 nitrogen and oxygen atoms in total. The van der Waals surface area contributed by atoms with Gasteiger partial charge in [-0.2, -0.15) is 0 Å². The second-order valence-corrected chi connectivity index (χ2v) is 8.65. The van der Waals surface area contributed by atoms with Crippen molar-refractivity contribution in [1.82, 2.24) is 4.72 Å². The topological polar surface area (TPSA) is 24.1 Å². The third-order valence-electron chi connectivity index (χ3n) is 3.76. The molecule has 0 unspecified atom stereocenters. The van der Waals surface area contributed by atoms with Gasteiger partial charge in [0.2, 0.25) is 0 Å². The van der Waals surface area contributed by atoms with Crippen molar-refractivity contribution in [2.45, 2.75) is 64.0 Å². The second-order valence-electron chi connectivity index (χ2n) is 6.93. The molecule has 0 radical (unpaired) electrons. The number of hydrogen-bond donors (Lipinski definition) is 2. The number of benzene rings is 1. The molecule has 1 aliphatic carbocycles. The summed E-state index contributed by atoms with van der Waals surface area (Å²) in [5, 5.41) is 3.56. The predicted octanol–water partition coefficient (Wildman–Crippen LogP) is 4.79. The summed E-state index contributed by atoms with van der Waals surface area (Å²) in [7, 11) is 0. The standard InChI is InChI=1S/C18H30N2S/c1-18(2,3)21-20-13-6-4-5-12-19-17-11-10-15-8-7-9-16(15)14-17/h10-11,14,19-20H,4-9,12-13H2,1-3H3. The first-order valence-corrected chi connectivity index (χ1v) is 9.13. The molecule has 0 heterocycles. The van der Waals surface area contributed by atoms with Crippen LogP contribution in [0.4, 0.5) is 5.69 Å². The summed E-state index contributed by atoms with van der Waals surface area (Å²) >= 11 is 1.84. The van der Waals surface area contributed by atoms with E-state index in [-0.39, 0.29) is 0 Å². The molecule has 0 aromatic heterocycles. The minimum absolute atomic E-state index is 0.315. The fourth-order valence-corrected chi connectivity index (χ4v) is 3.36. The normalized spacial score (nSPS) is 14.2. The molecule has 3 heteroatoms. The molecule has 1 aromatic carbocycles. The van der Waals surface area contributed by atoms with Crippen molar-refractivity contribution in [3.05, 3.63) is 29.3 Å². The summed E-state index contributed by atoms with van der Waals surface area (Å²) in [4.78, 5) is 0. The van der Waals surface area contributed by atoms with Gasteiger partial charge in [0.1, 0.15) is 0 Å². The lowest BCUT2D eigenvalue weighted by Crippen LogP contribution is -2.17. The van der Waals surface area contributed by atoms with E-state index in [1.807, 2.05) is 11.9 Å². The lowest BCUT2D eigenvalue weighted by atomic mass is 10.1. The van der Waals surface area contributed by atoms with Gasteiger partial charge in [0.25, 0.3) is 0 Å². The highest BCUT2D eigenvalue weighted by Gasteiger charge is 2.10. The Morgan fingerprint density at radius 1 is 1.00 bits per heavy atom. The largest absolute Gasteiger partial charge is 0.385 e. The van der Waals surface area contributed by atoms with E-state index < -0.39 is 0 Å². The molecule has 21 heavy (non-hydrogen) atoms. The minimum Gasteiger partial charge on any atom is -0.385 e. The van der Waals surface area contributed by atoms with Gasteiger partial charge in [-0.1, -0.05) is 24.4 Å². The fraction of sp³-hybridized carbons (Fsp3) is 0.667. The number of aryl methyl sites for hydroxylation is 2. The monoisotopic (exact) mass is 306 g/mol.